The van der Waals surface area contributed by atoms with Gasteiger partial charge in [-0.15, -0.1) is 0 Å². The maximum absolute atomic E-state index is 13.0. The highest BCUT2D eigenvalue weighted by molar-refractivity contribution is 7.92. The Hall–Kier alpha value is -2.63. The van der Waals surface area contributed by atoms with Crippen molar-refractivity contribution < 1.29 is 26.4 Å². The molecule has 1 amide bonds. The van der Waals surface area contributed by atoms with Crippen LogP contribution in [0.3, 0.4) is 0 Å². The van der Waals surface area contributed by atoms with Crippen LogP contribution in [-0.2, 0) is 24.8 Å². The van der Waals surface area contributed by atoms with Crippen LogP contribution in [0.1, 0.15) is 38.2 Å². The summed E-state index contributed by atoms with van der Waals surface area (Å²) in [6.07, 6.45) is 2.65. The van der Waals surface area contributed by atoms with Gasteiger partial charge in [0.05, 0.1) is 29.6 Å². The van der Waals surface area contributed by atoms with E-state index in [9.17, 15) is 21.6 Å². The summed E-state index contributed by atoms with van der Waals surface area (Å²) in [4.78, 5) is 13.0. The molecule has 0 saturated carbocycles. The fourth-order valence-corrected chi connectivity index (χ4v) is 6.35. The Bertz CT molecular complexity index is 1250. The first kappa shape index (κ1) is 26.0. The van der Waals surface area contributed by atoms with Crippen molar-refractivity contribution in [2.45, 2.75) is 37.5 Å². The SMILES string of the molecule is COc1ccc(S(=O)(=O)N2CCCC2)cc1NC(=O)CN(c1ccccc1C(C)C)S(C)(=O)=O. The monoisotopic (exact) mass is 509 g/mol. The number of benzene rings is 2. The maximum Gasteiger partial charge on any atom is 0.245 e. The van der Waals surface area contributed by atoms with Crippen LogP contribution in [0.5, 0.6) is 5.75 Å². The number of hydrogen-bond donors (Lipinski definition) is 1. The molecule has 0 atom stereocenters. The van der Waals surface area contributed by atoms with Crippen molar-refractivity contribution in [3.05, 3.63) is 48.0 Å². The first-order valence-electron chi connectivity index (χ1n) is 11.0. The summed E-state index contributed by atoms with van der Waals surface area (Å²) < 4.78 is 58.8. The fraction of sp³-hybridized carbons (Fsp3) is 0.435. The van der Waals surface area contributed by atoms with Crippen LogP contribution >= 0.6 is 0 Å². The van der Waals surface area contributed by atoms with E-state index in [-0.39, 0.29) is 22.3 Å². The molecule has 0 bridgehead atoms. The third-order valence-corrected chi connectivity index (χ3v) is 8.68. The Morgan fingerprint density at radius 3 is 2.32 bits per heavy atom. The van der Waals surface area contributed by atoms with Gasteiger partial charge in [-0.1, -0.05) is 32.0 Å². The Balaban J connectivity index is 1.91. The topological polar surface area (TPSA) is 113 Å². The van der Waals surface area contributed by atoms with Crippen molar-refractivity contribution in [3.8, 4) is 5.75 Å². The van der Waals surface area contributed by atoms with Gasteiger partial charge in [-0.3, -0.25) is 9.10 Å². The quantitative estimate of drug-likeness (QED) is 0.556. The molecule has 1 aliphatic rings. The van der Waals surface area contributed by atoms with E-state index in [2.05, 4.69) is 5.32 Å². The van der Waals surface area contributed by atoms with E-state index >= 15 is 0 Å². The first-order chi connectivity index (χ1) is 15.9. The lowest BCUT2D eigenvalue weighted by Gasteiger charge is -2.26. The van der Waals surface area contributed by atoms with E-state index in [4.69, 9.17) is 4.74 Å². The molecule has 3 rings (SSSR count). The van der Waals surface area contributed by atoms with Crippen LogP contribution in [0.25, 0.3) is 0 Å². The van der Waals surface area contributed by atoms with Gasteiger partial charge in [0.25, 0.3) is 0 Å². The number of sulfonamides is 2. The summed E-state index contributed by atoms with van der Waals surface area (Å²) in [7, 11) is -6.08. The van der Waals surface area contributed by atoms with Crippen molar-refractivity contribution in [1.82, 2.24) is 4.31 Å². The number of carbonyl (C=O) groups excluding carboxylic acids is 1. The molecule has 0 spiro atoms. The molecule has 34 heavy (non-hydrogen) atoms. The van der Waals surface area contributed by atoms with Crippen LogP contribution in [0.2, 0.25) is 0 Å². The highest BCUT2D eigenvalue weighted by atomic mass is 32.2. The van der Waals surface area contributed by atoms with E-state index in [1.54, 1.807) is 12.1 Å². The summed E-state index contributed by atoms with van der Waals surface area (Å²) >= 11 is 0. The Kier molecular flexibility index (Phi) is 7.89. The van der Waals surface area contributed by atoms with E-state index in [1.807, 2.05) is 26.0 Å². The molecule has 1 aliphatic heterocycles. The average Bonchev–Trinajstić information content (AvgIpc) is 3.32. The molecule has 0 aliphatic carbocycles. The number of methoxy groups -OCH3 is 1. The number of nitrogens with zero attached hydrogens (tertiary/aromatic N) is 2. The minimum absolute atomic E-state index is 0.0376. The molecule has 1 saturated heterocycles. The van der Waals surface area contributed by atoms with Gasteiger partial charge in [0, 0.05) is 13.1 Å². The number of hydrogen-bond acceptors (Lipinski definition) is 6. The Morgan fingerprint density at radius 2 is 1.74 bits per heavy atom. The molecular weight excluding hydrogens is 478 g/mol. The van der Waals surface area contributed by atoms with Gasteiger partial charge in [-0.05, 0) is 48.6 Å². The lowest BCUT2D eigenvalue weighted by molar-refractivity contribution is -0.114. The van der Waals surface area contributed by atoms with Gasteiger partial charge in [0.1, 0.15) is 12.3 Å². The Labute approximate surface area is 201 Å². The summed E-state index contributed by atoms with van der Waals surface area (Å²) in [5, 5.41) is 2.63. The second kappa shape index (κ2) is 10.3. The highest BCUT2D eigenvalue weighted by Gasteiger charge is 2.29. The largest absolute Gasteiger partial charge is 0.495 e. The standard InChI is InChI=1S/C23H31N3O6S2/c1-17(2)19-9-5-6-10-21(19)26(33(4,28)29)16-23(27)24-20-15-18(11-12-22(20)32-3)34(30,31)25-13-7-8-14-25/h5-6,9-12,15,17H,7-8,13-14,16H2,1-4H3,(H,24,27). The van der Waals surface area contributed by atoms with E-state index < -0.39 is 32.5 Å². The van der Waals surface area contributed by atoms with E-state index in [0.717, 1.165) is 29.0 Å². The molecule has 0 radical (unpaired) electrons. The van der Waals surface area contributed by atoms with Crippen molar-refractivity contribution in [1.29, 1.82) is 0 Å². The minimum Gasteiger partial charge on any atom is -0.495 e. The van der Waals surface area contributed by atoms with Gasteiger partial charge in [0.2, 0.25) is 26.0 Å². The number of amides is 1. The predicted molar refractivity (Wildman–Crippen MR) is 132 cm³/mol. The second-order valence-electron chi connectivity index (χ2n) is 8.50. The smallest absolute Gasteiger partial charge is 0.245 e. The normalized spacial score (nSPS) is 14.9. The number of nitrogens with one attached hydrogen (secondary N) is 1. The molecular formula is C23H31N3O6S2. The third-order valence-electron chi connectivity index (χ3n) is 5.66. The van der Waals surface area contributed by atoms with Gasteiger partial charge in [-0.25, -0.2) is 16.8 Å². The first-order valence-corrected chi connectivity index (χ1v) is 14.3. The molecule has 11 heteroatoms. The molecule has 1 heterocycles. The summed E-state index contributed by atoms with van der Waals surface area (Å²) in [6.45, 7) is 4.31. The molecule has 0 aromatic heterocycles. The van der Waals surface area contributed by atoms with Crippen LogP contribution in [-0.4, -0.2) is 60.0 Å². The van der Waals surface area contributed by atoms with Crippen LogP contribution < -0.4 is 14.4 Å². The highest BCUT2D eigenvalue weighted by Crippen LogP contribution is 2.31. The summed E-state index contributed by atoms with van der Waals surface area (Å²) in [5.74, 6) is -0.323. The van der Waals surface area contributed by atoms with Crippen LogP contribution in [0, 0.1) is 0 Å². The number of para-hydroxylation sites is 1. The van der Waals surface area contributed by atoms with Crippen molar-refractivity contribution in [3.63, 3.8) is 0 Å². The Morgan fingerprint density at radius 1 is 1.09 bits per heavy atom. The molecule has 2 aromatic rings. The molecule has 1 N–H and O–H groups in total. The van der Waals surface area contributed by atoms with Gasteiger partial charge in [-0.2, -0.15) is 4.31 Å². The number of carbonyl (C=O) groups is 1. The fourth-order valence-electron chi connectivity index (χ4n) is 3.93. The number of anilines is 2. The van der Waals surface area contributed by atoms with Gasteiger partial charge >= 0.3 is 0 Å². The molecule has 1 fully saturated rings. The summed E-state index contributed by atoms with van der Waals surface area (Å²) in [6, 6.07) is 11.3. The molecule has 9 nitrogen and oxygen atoms in total. The molecule has 186 valence electrons. The molecule has 0 unspecified atom stereocenters. The number of rotatable bonds is 9. The van der Waals surface area contributed by atoms with Crippen LogP contribution in [0.4, 0.5) is 11.4 Å². The predicted octanol–water partition coefficient (Wildman–Crippen LogP) is 3.01. The molecule has 2 aromatic carbocycles. The van der Waals surface area contributed by atoms with Crippen molar-refractivity contribution in [2.75, 3.05) is 42.6 Å². The zero-order chi connectivity index (χ0) is 25.1. The van der Waals surface area contributed by atoms with Gasteiger partial charge in [0.15, 0.2) is 0 Å². The van der Waals surface area contributed by atoms with Crippen molar-refractivity contribution >= 4 is 37.3 Å². The zero-order valence-electron chi connectivity index (χ0n) is 19.8. The lowest BCUT2D eigenvalue weighted by Crippen LogP contribution is -2.38. The minimum atomic E-state index is -3.78. The van der Waals surface area contributed by atoms with Crippen molar-refractivity contribution in [2.24, 2.45) is 0 Å². The van der Waals surface area contributed by atoms with Gasteiger partial charge < -0.3 is 10.1 Å². The summed E-state index contributed by atoms with van der Waals surface area (Å²) in [5.41, 5.74) is 1.36. The zero-order valence-corrected chi connectivity index (χ0v) is 21.4. The van der Waals surface area contributed by atoms with E-state index in [1.165, 1.54) is 29.6 Å². The second-order valence-corrected chi connectivity index (χ2v) is 12.3. The third kappa shape index (κ3) is 5.70. The van der Waals surface area contributed by atoms with Crippen LogP contribution in [0.15, 0.2) is 47.4 Å². The maximum atomic E-state index is 13.0. The van der Waals surface area contributed by atoms with E-state index in [0.29, 0.717) is 18.8 Å². The lowest BCUT2D eigenvalue weighted by atomic mass is 10.0. The number of ether oxygens (including phenoxy) is 1. The average molecular weight is 510 g/mol.